The first-order valence-electron chi connectivity index (χ1n) is 6.45. The highest BCUT2D eigenvalue weighted by Crippen LogP contribution is 2.36. The molecule has 2 aromatic carbocycles. The van der Waals surface area contributed by atoms with Crippen molar-refractivity contribution in [2.75, 3.05) is 0 Å². The van der Waals surface area contributed by atoms with Crippen LogP contribution in [0, 0.1) is 0 Å². The number of allylic oxidation sites excluding steroid dienone is 1. The molecule has 0 unspecified atom stereocenters. The van der Waals surface area contributed by atoms with Gasteiger partial charge in [0.2, 0.25) is 10.0 Å². The van der Waals surface area contributed by atoms with Crippen molar-refractivity contribution >= 4 is 27.0 Å². The molecule has 0 saturated carbocycles. The molecular weight excluding hydrogens is 284 g/mol. The lowest BCUT2D eigenvalue weighted by Gasteiger charge is -2.21. The summed E-state index contributed by atoms with van der Waals surface area (Å²) < 4.78 is 22.6. The predicted molar refractivity (Wildman–Crippen MR) is 84.2 cm³/mol. The molecule has 4 nitrogen and oxygen atoms in total. The van der Waals surface area contributed by atoms with Crippen LogP contribution in [0.4, 0.5) is 0 Å². The minimum atomic E-state index is -3.66. The Hall–Kier alpha value is -2.24. The summed E-state index contributed by atoms with van der Waals surface area (Å²) in [6.45, 7) is 1.94. The topological polar surface area (TPSA) is 72.5 Å². The van der Waals surface area contributed by atoms with E-state index in [9.17, 15) is 8.42 Å². The molecule has 1 aliphatic rings. The highest BCUT2D eigenvalue weighted by atomic mass is 32.2. The van der Waals surface area contributed by atoms with Crippen LogP contribution in [0.2, 0.25) is 0 Å². The van der Waals surface area contributed by atoms with Crippen molar-refractivity contribution in [3.8, 4) is 0 Å². The van der Waals surface area contributed by atoms with E-state index in [2.05, 4.69) is 4.99 Å². The quantitative estimate of drug-likeness (QED) is 0.946. The van der Waals surface area contributed by atoms with Crippen molar-refractivity contribution in [1.29, 1.82) is 0 Å². The third kappa shape index (κ3) is 2.53. The van der Waals surface area contributed by atoms with Gasteiger partial charge in [0.15, 0.2) is 0 Å². The second kappa shape index (κ2) is 4.95. The van der Waals surface area contributed by atoms with E-state index < -0.39 is 10.0 Å². The van der Waals surface area contributed by atoms with E-state index in [0.717, 1.165) is 28.1 Å². The largest absolute Gasteiger partial charge is 0.252 e. The summed E-state index contributed by atoms with van der Waals surface area (Å²) in [4.78, 5) is 4.59. The highest BCUT2D eigenvalue weighted by molar-refractivity contribution is 7.89. The minimum absolute atomic E-state index is 0.113. The summed E-state index contributed by atoms with van der Waals surface area (Å²) in [6, 6.07) is 16.5. The van der Waals surface area contributed by atoms with E-state index >= 15 is 0 Å². The number of benzene rings is 2. The fraction of sp³-hybridized carbons (Fsp3) is 0.0625. The van der Waals surface area contributed by atoms with Gasteiger partial charge in [-0.2, -0.15) is 0 Å². The van der Waals surface area contributed by atoms with E-state index in [0.29, 0.717) is 0 Å². The van der Waals surface area contributed by atoms with Crippen LogP contribution in [0.5, 0.6) is 0 Å². The summed E-state index contributed by atoms with van der Waals surface area (Å²) in [5, 5.41) is 5.11. The average molecular weight is 298 g/mol. The predicted octanol–water partition coefficient (Wildman–Crippen LogP) is 2.68. The van der Waals surface area contributed by atoms with Gasteiger partial charge in [-0.05, 0) is 24.6 Å². The van der Waals surface area contributed by atoms with Crippen LogP contribution in [0.1, 0.15) is 18.1 Å². The van der Waals surface area contributed by atoms with E-state index in [-0.39, 0.29) is 4.90 Å². The van der Waals surface area contributed by atoms with Gasteiger partial charge in [-0.1, -0.05) is 42.5 Å². The van der Waals surface area contributed by atoms with Gasteiger partial charge in [0, 0.05) is 16.8 Å². The fourth-order valence-electron chi connectivity index (χ4n) is 2.36. The van der Waals surface area contributed by atoms with Crippen molar-refractivity contribution in [2.24, 2.45) is 10.1 Å². The number of sulfonamides is 1. The Morgan fingerprint density at radius 1 is 0.905 bits per heavy atom. The van der Waals surface area contributed by atoms with Crippen LogP contribution >= 0.6 is 0 Å². The van der Waals surface area contributed by atoms with Gasteiger partial charge in [-0.25, -0.2) is 13.6 Å². The van der Waals surface area contributed by atoms with E-state index in [4.69, 9.17) is 5.14 Å². The monoisotopic (exact) mass is 298 g/mol. The number of primary sulfonamides is 1. The third-order valence-corrected chi connectivity index (χ3v) is 4.33. The molecular formula is C16H14N2O2S. The SMILES string of the molecule is CC1=NC(c2ccccc2)=C1c1ccc(S(N)(=O)=O)cc1. The molecule has 1 heterocycles. The molecule has 0 amide bonds. The van der Waals surface area contributed by atoms with Gasteiger partial charge in [0.05, 0.1) is 10.6 Å². The standard InChI is InChI=1S/C16H14N2O2S/c1-11-15(16(18-11)13-5-3-2-4-6-13)12-7-9-14(10-8-12)21(17,19)20/h2-10H,1H3,(H2,17,19,20). The van der Waals surface area contributed by atoms with Crippen molar-refractivity contribution in [1.82, 2.24) is 0 Å². The Labute approximate surface area is 123 Å². The lowest BCUT2D eigenvalue weighted by Crippen LogP contribution is -2.13. The smallest absolute Gasteiger partial charge is 0.238 e. The van der Waals surface area contributed by atoms with Crippen LogP contribution in [0.15, 0.2) is 64.5 Å². The number of aliphatic imine (C=N–C) groups is 1. The zero-order valence-corrected chi connectivity index (χ0v) is 12.3. The van der Waals surface area contributed by atoms with Crippen LogP contribution in [0.25, 0.3) is 11.3 Å². The van der Waals surface area contributed by atoms with Crippen LogP contribution in [-0.2, 0) is 10.0 Å². The van der Waals surface area contributed by atoms with E-state index in [1.807, 2.05) is 37.3 Å². The summed E-state index contributed by atoms with van der Waals surface area (Å²) in [7, 11) is -3.66. The number of hydrogen-bond acceptors (Lipinski definition) is 3. The molecule has 5 heteroatoms. The van der Waals surface area contributed by atoms with Crippen LogP contribution in [0.3, 0.4) is 0 Å². The third-order valence-electron chi connectivity index (χ3n) is 3.40. The molecule has 0 aliphatic carbocycles. The first-order chi connectivity index (χ1) is 9.97. The van der Waals surface area contributed by atoms with Crippen molar-refractivity contribution in [3.05, 3.63) is 65.7 Å². The Morgan fingerprint density at radius 3 is 2.05 bits per heavy atom. The molecule has 2 aromatic rings. The Kier molecular flexibility index (Phi) is 3.23. The highest BCUT2D eigenvalue weighted by Gasteiger charge is 2.22. The van der Waals surface area contributed by atoms with Crippen molar-refractivity contribution in [2.45, 2.75) is 11.8 Å². The van der Waals surface area contributed by atoms with Gasteiger partial charge >= 0.3 is 0 Å². The first-order valence-corrected chi connectivity index (χ1v) is 8.00. The average Bonchev–Trinajstić information content (AvgIpc) is 2.45. The molecule has 106 valence electrons. The Balaban J connectivity index is 2.03. The summed E-state index contributed by atoms with van der Waals surface area (Å²) >= 11 is 0. The molecule has 0 saturated heterocycles. The molecule has 0 radical (unpaired) electrons. The number of rotatable bonds is 3. The molecule has 0 atom stereocenters. The number of nitrogens with two attached hydrogens (primary N) is 1. The normalized spacial score (nSPS) is 14.7. The van der Waals surface area contributed by atoms with Gasteiger partial charge in [0.1, 0.15) is 0 Å². The molecule has 2 N–H and O–H groups in total. The van der Waals surface area contributed by atoms with Crippen LogP contribution in [-0.4, -0.2) is 14.1 Å². The number of nitrogens with zero attached hydrogens (tertiary/aromatic N) is 1. The summed E-state index contributed by atoms with van der Waals surface area (Å²) in [6.07, 6.45) is 0. The maximum Gasteiger partial charge on any atom is 0.238 e. The van der Waals surface area contributed by atoms with Gasteiger partial charge in [-0.3, -0.25) is 4.99 Å². The first kappa shape index (κ1) is 13.7. The molecule has 21 heavy (non-hydrogen) atoms. The molecule has 0 bridgehead atoms. The van der Waals surface area contributed by atoms with Crippen molar-refractivity contribution < 1.29 is 8.42 Å². The van der Waals surface area contributed by atoms with Gasteiger partial charge < -0.3 is 0 Å². The lowest BCUT2D eigenvalue weighted by molar-refractivity contribution is 0.598. The van der Waals surface area contributed by atoms with Gasteiger partial charge in [0.25, 0.3) is 0 Å². The molecule has 3 rings (SSSR count). The van der Waals surface area contributed by atoms with Gasteiger partial charge in [-0.15, -0.1) is 0 Å². The minimum Gasteiger partial charge on any atom is -0.252 e. The number of hydrogen-bond donors (Lipinski definition) is 1. The van der Waals surface area contributed by atoms with E-state index in [1.54, 1.807) is 12.1 Å². The second-order valence-electron chi connectivity index (χ2n) is 4.86. The molecule has 0 fully saturated rings. The summed E-state index contributed by atoms with van der Waals surface area (Å²) in [5.74, 6) is 0. The second-order valence-corrected chi connectivity index (χ2v) is 6.42. The van der Waals surface area contributed by atoms with Crippen molar-refractivity contribution in [3.63, 3.8) is 0 Å². The Morgan fingerprint density at radius 2 is 1.52 bits per heavy atom. The van der Waals surface area contributed by atoms with Crippen LogP contribution < -0.4 is 5.14 Å². The lowest BCUT2D eigenvalue weighted by atomic mass is 9.92. The maximum absolute atomic E-state index is 11.3. The zero-order valence-electron chi connectivity index (χ0n) is 11.4. The Bertz CT molecular complexity index is 849. The maximum atomic E-state index is 11.3. The fourth-order valence-corrected chi connectivity index (χ4v) is 2.88. The summed E-state index contributed by atoms with van der Waals surface area (Å²) in [5.41, 5.74) is 4.90. The molecule has 1 aliphatic heterocycles. The molecule has 0 aromatic heterocycles. The molecule has 0 spiro atoms. The van der Waals surface area contributed by atoms with E-state index in [1.165, 1.54) is 12.1 Å². The zero-order chi connectivity index (χ0) is 15.0.